The lowest BCUT2D eigenvalue weighted by Gasteiger charge is -2.22. The van der Waals surface area contributed by atoms with Gasteiger partial charge in [-0.3, -0.25) is 5.10 Å². The molecule has 0 bridgehead atoms. The summed E-state index contributed by atoms with van der Waals surface area (Å²) in [5.74, 6) is -0.0391. The molecule has 3 heterocycles. The zero-order valence-corrected chi connectivity index (χ0v) is 13.9. The Morgan fingerprint density at radius 3 is 3.12 bits per heavy atom. The fraction of sp³-hybridized carbons (Fsp3) is 0.412. The molecule has 0 radical (unpaired) electrons. The number of nitrogens with one attached hydrogen (secondary N) is 1. The van der Waals surface area contributed by atoms with Gasteiger partial charge in [0.1, 0.15) is 17.6 Å². The van der Waals surface area contributed by atoms with Crippen molar-refractivity contribution >= 4 is 10.9 Å². The fourth-order valence-corrected chi connectivity index (χ4v) is 3.14. The summed E-state index contributed by atoms with van der Waals surface area (Å²) in [6.07, 6.45) is 8.05. The number of halogens is 1. The molecule has 3 aromatic rings. The number of methoxy groups -OCH3 is 1. The first-order valence-corrected chi connectivity index (χ1v) is 8.21. The van der Waals surface area contributed by atoms with Crippen LogP contribution in [0.5, 0.6) is 5.75 Å². The molecular formula is C17H19FN4O3. The minimum atomic E-state index is -0.399. The molecule has 7 nitrogen and oxygen atoms in total. The maximum Gasteiger partial charge on any atom is 0.188 e. The molecule has 132 valence electrons. The number of hydrogen-bond acceptors (Lipinski definition) is 5. The van der Waals surface area contributed by atoms with E-state index in [0.717, 1.165) is 25.9 Å². The summed E-state index contributed by atoms with van der Waals surface area (Å²) in [5, 5.41) is 11.9. The molecule has 0 amide bonds. The Hall–Kier alpha value is -2.45. The first kappa shape index (κ1) is 16.0. The van der Waals surface area contributed by atoms with Gasteiger partial charge < -0.3 is 14.2 Å². The van der Waals surface area contributed by atoms with E-state index in [-0.39, 0.29) is 13.0 Å². The topological polar surface area (TPSA) is 74.2 Å². The molecular weight excluding hydrogens is 327 g/mol. The van der Waals surface area contributed by atoms with Crippen LogP contribution in [0, 0.1) is 5.82 Å². The molecule has 1 aliphatic rings. The van der Waals surface area contributed by atoms with Crippen LogP contribution in [0.3, 0.4) is 0 Å². The van der Waals surface area contributed by atoms with Gasteiger partial charge in [-0.25, -0.2) is 9.07 Å². The number of fused-ring (bicyclic) bond motifs is 1. The van der Waals surface area contributed by atoms with Gasteiger partial charge in [0.25, 0.3) is 0 Å². The molecule has 2 aromatic heterocycles. The number of benzene rings is 1. The van der Waals surface area contributed by atoms with Crippen LogP contribution in [0.25, 0.3) is 22.0 Å². The Labute approximate surface area is 143 Å². The predicted octanol–water partition coefficient (Wildman–Crippen LogP) is 3.25. The monoisotopic (exact) mass is 346 g/mol. The van der Waals surface area contributed by atoms with Crippen molar-refractivity contribution < 1.29 is 18.6 Å². The Kier molecular flexibility index (Phi) is 4.37. The summed E-state index contributed by atoms with van der Waals surface area (Å²) in [7, 11) is 1.51. The average Bonchev–Trinajstić information content (AvgIpc) is 3.30. The summed E-state index contributed by atoms with van der Waals surface area (Å²) >= 11 is 0. The van der Waals surface area contributed by atoms with Crippen molar-refractivity contribution in [2.24, 2.45) is 0 Å². The van der Waals surface area contributed by atoms with Crippen molar-refractivity contribution in [1.82, 2.24) is 20.0 Å². The molecule has 0 spiro atoms. The SMILES string of the molecule is COCOc1cc(F)c(-c2cnn(C3CCCCO3)c2)c2cn[nH]c12. The number of H-pyrrole nitrogens is 1. The molecule has 25 heavy (non-hydrogen) atoms. The van der Waals surface area contributed by atoms with Crippen molar-refractivity contribution in [3.8, 4) is 16.9 Å². The number of nitrogens with zero attached hydrogens (tertiary/aromatic N) is 3. The van der Waals surface area contributed by atoms with E-state index in [0.29, 0.717) is 27.8 Å². The summed E-state index contributed by atoms with van der Waals surface area (Å²) in [6, 6.07) is 1.34. The van der Waals surface area contributed by atoms with Gasteiger partial charge in [0.15, 0.2) is 12.5 Å². The third kappa shape index (κ3) is 2.98. The zero-order chi connectivity index (χ0) is 17.2. The van der Waals surface area contributed by atoms with Crippen molar-refractivity contribution in [3.63, 3.8) is 0 Å². The van der Waals surface area contributed by atoms with E-state index < -0.39 is 5.82 Å². The highest BCUT2D eigenvalue weighted by Crippen LogP contribution is 2.36. The van der Waals surface area contributed by atoms with Gasteiger partial charge >= 0.3 is 0 Å². The predicted molar refractivity (Wildman–Crippen MR) is 88.6 cm³/mol. The van der Waals surface area contributed by atoms with Crippen molar-refractivity contribution in [3.05, 3.63) is 30.5 Å². The van der Waals surface area contributed by atoms with Gasteiger partial charge in [0, 0.05) is 42.5 Å². The molecule has 0 aliphatic carbocycles. The second kappa shape index (κ2) is 6.81. The molecule has 1 atom stereocenters. The van der Waals surface area contributed by atoms with Gasteiger partial charge in [-0.05, 0) is 19.3 Å². The largest absolute Gasteiger partial charge is 0.465 e. The van der Waals surface area contributed by atoms with Crippen LogP contribution in [-0.2, 0) is 9.47 Å². The highest BCUT2D eigenvalue weighted by atomic mass is 19.1. The zero-order valence-electron chi connectivity index (χ0n) is 13.9. The van der Waals surface area contributed by atoms with Gasteiger partial charge in [-0.15, -0.1) is 0 Å². The molecule has 1 fully saturated rings. The highest BCUT2D eigenvalue weighted by Gasteiger charge is 2.21. The maximum atomic E-state index is 14.8. The lowest BCUT2D eigenvalue weighted by Crippen LogP contribution is -2.18. The fourth-order valence-electron chi connectivity index (χ4n) is 3.14. The van der Waals surface area contributed by atoms with Crippen molar-refractivity contribution in [1.29, 1.82) is 0 Å². The van der Waals surface area contributed by atoms with Crippen LogP contribution in [0.1, 0.15) is 25.5 Å². The molecule has 1 aromatic carbocycles. The van der Waals surface area contributed by atoms with Gasteiger partial charge in [0.2, 0.25) is 0 Å². The second-order valence-electron chi connectivity index (χ2n) is 5.97. The van der Waals surface area contributed by atoms with Crippen molar-refractivity contribution in [2.45, 2.75) is 25.5 Å². The molecule has 4 rings (SSSR count). The van der Waals surface area contributed by atoms with E-state index >= 15 is 0 Å². The van der Waals surface area contributed by atoms with Crippen LogP contribution in [0.2, 0.25) is 0 Å². The maximum absolute atomic E-state index is 14.8. The molecule has 1 saturated heterocycles. The Morgan fingerprint density at radius 1 is 1.40 bits per heavy atom. The first-order valence-electron chi connectivity index (χ1n) is 8.21. The summed E-state index contributed by atoms with van der Waals surface area (Å²) in [4.78, 5) is 0. The Bertz CT molecular complexity index is 870. The lowest BCUT2D eigenvalue weighted by molar-refractivity contribution is -0.0394. The van der Waals surface area contributed by atoms with Gasteiger partial charge in [-0.2, -0.15) is 10.2 Å². The first-order chi connectivity index (χ1) is 12.3. The number of rotatable bonds is 5. The number of hydrogen-bond donors (Lipinski definition) is 1. The Balaban J connectivity index is 1.73. The smallest absolute Gasteiger partial charge is 0.188 e. The summed E-state index contributed by atoms with van der Waals surface area (Å²) in [6.45, 7) is 0.760. The van der Waals surface area contributed by atoms with Crippen LogP contribution >= 0.6 is 0 Å². The van der Waals surface area contributed by atoms with E-state index in [2.05, 4.69) is 15.3 Å². The van der Waals surface area contributed by atoms with E-state index in [1.54, 1.807) is 17.1 Å². The Morgan fingerprint density at radius 2 is 2.32 bits per heavy atom. The number of ether oxygens (including phenoxy) is 3. The molecule has 8 heteroatoms. The van der Waals surface area contributed by atoms with E-state index in [1.807, 2.05) is 6.20 Å². The molecule has 0 saturated carbocycles. The molecule has 1 aliphatic heterocycles. The number of aromatic nitrogens is 4. The second-order valence-corrected chi connectivity index (χ2v) is 5.97. The van der Waals surface area contributed by atoms with Gasteiger partial charge in [-0.1, -0.05) is 0 Å². The standard InChI is InChI=1S/C17H19FN4O3/c1-23-10-25-14-6-13(18)16(12-8-19-21-17(12)14)11-7-20-22(9-11)15-4-2-3-5-24-15/h6-9,15H,2-5,10H2,1H3,(H,19,21). The minimum absolute atomic E-state index is 0.0316. The third-order valence-electron chi connectivity index (χ3n) is 4.32. The van der Waals surface area contributed by atoms with Crippen LogP contribution in [-0.4, -0.2) is 40.5 Å². The third-order valence-corrected chi connectivity index (χ3v) is 4.32. The quantitative estimate of drug-likeness (QED) is 0.718. The highest BCUT2D eigenvalue weighted by molar-refractivity contribution is 5.97. The van der Waals surface area contributed by atoms with Crippen LogP contribution in [0.15, 0.2) is 24.7 Å². The van der Waals surface area contributed by atoms with E-state index in [9.17, 15) is 4.39 Å². The van der Waals surface area contributed by atoms with E-state index in [4.69, 9.17) is 14.2 Å². The normalized spacial score (nSPS) is 17.9. The van der Waals surface area contributed by atoms with Gasteiger partial charge in [0.05, 0.1) is 12.4 Å². The summed E-state index contributed by atoms with van der Waals surface area (Å²) in [5.41, 5.74) is 1.74. The molecule has 1 N–H and O–H groups in total. The average molecular weight is 346 g/mol. The van der Waals surface area contributed by atoms with E-state index in [1.165, 1.54) is 13.2 Å². The summed E-state index contributed by atoms with van der Waals surface area (Å²) < 4.78 is 32.6. The number of aromatic amines is 1. The van der Waals surface area contributed by atoms with Crippen LogP contribution < -0.4 is 4.74 Å². The lowest BCUT2D eigenvalue weighted by atomic mass is 10.0. The minimum Gasteiger partial charge on any atom is -0.465 e. The van der Waals surface area contributed by atoms with Crippen molar-refractivity contribution in [2.75, 3.05) is 20.5 Å². The molecule has 1 unspecified atom stereocenters. The van der Waals surface area contributed by atoms with Crippen LogP contribution in [0.4, 0.5) is 4.39 Å².